The second-order valence-electron chi connectivity index (χ2n) is 3.67. The summed E-state index contributed by atoms with van der Waals surface area (Å²) < 4.78 is 5.57. The number of hydrogen-bond acceptors (Lipinski definition) is 3. The minimum Gasteiger partial charge on any atom is -0.373 e. The van der Waals surface area contributed by atoms with E-state index in [4.69, 9.17) is 4.74 Å². The van der Waals surface area contributed by atoms with Gasteiger partial charge in [0.25, 0.3) is 0 Å². The fourth-order valence-corrected chi connectivity index (χ4v) is 1.47. The standard InChI is InChI=1S/C8H18N2O/c1-8(2)6-10(7-9-3)4-5-11-8/h9H,4-7H2,1-3H3. The Kier molecular flexibility index (Phi) is 2.87. The summed E-state index contributed by atoms with van der Waals surface area (Å²) in [5, 5.41) is 3.15. The minimum atomic E-state index is 0.0368. The Morgan fingerprint density at radius 1 is 1.55 bits per heavy atom. The second kappa shape index (κ2) is 3.52. The summed E-state index contributed by atoms with van der Waals surface area (Å²) in [6.45, 7) is 8.16. The quantitative estimate of drug-likeness (QED) is 0.624. The molecule has 0 saturated carbocycles. The van der Waals surface area contributed by atoms with Crippen LogP contribution < -0.4 is 5.32 Å². The van der Waals surface area contributed by atoms with Gasteiger partial charge >= 0.3 is 0 Å². The average Bonchev–Trinajstić information content (AvgIpc) is 1.85. The van der Waals surface area contributed by atoms with Gasteiger partial charge in [0.1, 0.15) is 0 Å². The summed E-state index contributed by atoms with van der Waals surface area (Å²) in [5.41, 5.74) is 0.0368. The van der Waals surface area contributed by atoms with Crippen molar-refractivity contribution >= 4 is 0 Å². The van der Waals surface area contributed by atoms with Crippen LogP contribution in [0, 0.1) is 0 Å². The highest BCUT2D eigenvalue weighted by molar-refractivity contribution is 4.78. The summed E-state index contributed by atoms with van der Waals surface area (Å²) in [6.07, 6.45) is 0. The highest BCUT2D eigenvalue weighted by Gasteiger charge is 2.26. The Balaban J connectivity index is 2.34. The fourth-order valence-electron chi connectivity index (χ4n) is 1.47. The molecule has 0 bridgehead atoms. The van der Waals surface area contributed by atoms with Crippen molar-refractivity contribution in [3.63, 3.8) is 0 Å². The third-order valence-electron chi connectivity index (χ3n) is 1.89. The lowest BCUT2D eigenvalue weighted by Gasteiger charge is -2.37. The number of rotatable bonds is 2. The SMILES string of the molecule is CNCN1CCOC(C)(C)C1. The van der Waals surface area contributed by atoms with Crippen LogP contribution in [0.3, 0.4) is 0 Å². The molecule has 66 valence electrons. The number of hydrogen-bond donors (Lipinski definition) is 1. The second-order valence-corrected chi connectivity index (χ2v) is 3.67. The average molecular weight is 158 g/mol. The van der Waals surface area contributed by atoms with Crippen LogP contribution in [0.25, 0.3) is 0 Å². The summed E-state index contributed by atoms with van der Waals surface area (Å²) in [4.78, 5) is 2.36. The number of nitrogens with one attached hydrogen (secondary N) is 1. The fraction of sp³-hybridized carbons (Fsp3) is 1.00. The molecule has 1 rings (SSSR count). The van der Waals surface area contributed by atoms with Crippen molar-refractivity contribution in [1.29, 1.82) is 0 Å². The van der Waals surface area contributed by atoms with Gasteiger partial charge in [-0.15, -0.1) is 0 Å². The normalized spacial score (nSPS) is 25.4. The van der Waals surface area contributed by atoms with E-state index in [1.54, 1.807) is 0 Å². The predicted molar refractivity (Wildman–Crippen MR) is 45.5 cm³/mol. The molecular formula is C8H18N2O. The first kappa shape index (κ1) is 8.97. The summed E-state index contributed by atoms with van der Waals surface area (Å²) in [6, 6.07) is 0. The van der Waals surface area contributed by atoms with E-state index in [1.807, 2.05) is 7.05 Å². The zero-order chi connectivity index (χ0) is 8.32. The van der Waals surface area contributed by atoms with Gasteiger partial charge in [0.15, 0.2) is 0 Å². The zero-order valence-corrected chi connectivity index (χ0v) is 7.68. The lowest BCUT2D eigenvalue weighted by molar-refractivity contribution is -0.0871. The topological polar surface area (TPSA) is 24.5 Å². The molecule has 11 heavy (non-hydrogen) atoms. The maximum atomic E-state index is 5.57. The Morgan fingerprint density at radius 3 is 2.82 bits per heavy atom. The Morgan fingerprint density at radius 2 is 2.27 bits per heavy atom. The van der Waals surface area contributed by atoms with Crippen LogP contribution in [0.2, 0.25) is 0 Å². The van der Waals surface area contributed by atoms with E-state index in [-0.39, 0.29) is 5.60 Å². The van der Waals surface area contributed by atoms with E-state index < -0.39 is 0 Å². The van der Waals surface area contributed by atoms with Crippen molar-refractivity contribution in [2.45, 2.75) is 19.4 Å². The third kappa shape index (κ3) is 2.77. The lowest BCUT2D eigenvalue weighted by Crippen LogP contribution is -2.50. The van der Waals surface area contributed by atoms with Gasteiger partial charge in [-0.3, -0.25) is 4.90 Å². The van der Waals surface area contributed by atoms with Crippen molar-refractivity contribution in [2.24, 2.45) is 0 Å². The first-order chi connectivity index (χ1) is 5.14. The van der Waals surface area contributed by atoms with Crippen molar-refractivity contribution in [1.82, 2.24) is 10.2 Å². The number of morpholine rings is 1. The van der Waals surface area contributed by atoms with E-state index in [0.29, 0.717) is 0 Å². The molecule has 0 radical (unpaired) electrons. The van der Waals surface area contributed by atoms with Gasteiger partial charge in [-0.05, 0) is 20.9 Å². The highest BCUT2D eigenvalue weighted by Crippen LogP contribution is 2.15. The Bertz CT molecular complexity index is 123. The molecule has 0 unspecified atom stereocenters. The first-order valence-electron chi connectivity index (χ1n) is 4.15. The smallest absolute Gasteiger partial charge is 0.0753 e. The van der Waals surface area contributed by atoms with Gasteiger partial charge in [-0.25, -0.2) is 0 Å². The molecule has 1 aliphatic rings. The lowest BCUT2D eigenvalue weighted by atomic mass is 10.1. The molecule has 1 N–H and O–H groups in total. The molecule has 0 aliphatic carbocycles. The van der Waals surface area contributed by atoms with Gasteiger partial charge in [0, 0.05) is 19.8 Å². The maximum Gasteiger partial charge on any atom is 0.0753 e. The molecule has 0 aromatic carbocycles. The van der Waals surface area contributed by atoms with E-state index in [2.05, 4.69) is 24.1 Å². The molecule has 1 saturated heterocycles. The zero-order valence-electron chi connectivity index (χ0n) is 7.68. The maximum absolute atomic E-state index is 5.57. The molecule has 0 spiro atoms. The molecule has 3 nitrogen and oxygen atoms in total. The van der Waals surface area contributed by atoms with E-state index in [9.17, 15) is 0 Å². The third-order valence-corrected chi connectivity index (χ3v) is 1.89. The predicted octanol–water partition coefficient (Wildman–Crippen LogP) is 0.274. The van der Waals surface area contributed by atoms with E-state index in [0.717, 1.165) is 26.4 Å². The highest BCUT2D eigenvalue weighted by atomic mass is 16.5. The molecule has 0 atom stereocenters. The van der Waals surface area contributed by atoms with Crippen molar-refractivity contribution in [2.75, 3.05) is 33.4 Å². The van der Waals surface area contributed by atoms with Crippen LogP contribution >= 0.6 is 0 Å². The summed E-state index contributed by atoms with van der Waals surface area (Å²) in [5.74, 6) is 0. The van der Waals surface area contributed by atoms with Crippen LogP contribution in [0.1, 0.15) is 13.8 Å². The molecule has 0 amide bonds. The Labute approximate surface area is 68.7 Å². The first-order valence-corrected chi connectivity index (χ1v) is 4.15. The van der Waals surface area contributed by atoms with Gasteiger partial charge in [0.05, 0.1) is 12.2 Å². The molecule has 0 aromatic heterocycles. The van der Waals surface area contributed by atoms with Gasteiger partial charge in [-0.1, -0.05) is 0 Å². The number of ether oxygens (including phenoxy) is 1. The van der Waals surface area contributed by atoms with Crippen LogP contribution in [0.4, 0.5) is 0 Å². The van der Waals surface area contributed by atoms with Crippen molar-refractivity contribution in [3.05, 3.63) is 0 Å². The molecule has 1 fully saturated rings. The minimum absolute atomic E-state index is 0.0368. The monoisotopic (exact) mass is 158 g/mol. The van der Waals surface area contributed by atoms with Crippen LogP contribution in [-0.4, -0.2) is 43.9 Å². The van der Waals surface area contributed by atoms with E-state index in [1.165, 1.54) is 0 Å². The Hall–Kier alpha value is -0.120. The van der Waals surface area contributed by atoms with Crippen molar-refractivity contribution in [3.8, 4) is 0 Å². The van der Waals surface area contributed by atoms with E-state index >= 15 is 0 Å². The van der Waals surface area contributed by atoms with Crippen LogP contribution in [0.5, 0.6) is 0 Å². The molecule has 0 aromatic rings. The summed E-state index contributed by atoms with van der Waals surface area (Å²) in [7, 11) is 1.97. The van der Waals surface area contributed by atoms with Crippen LogP contribution in [0.15, 0.2) is 0 Å². The summed E-state index contributed by atoms with van der Waals surface area (Å²) >= 11 is 0. The largest absolute Gasteiger partial charge is 0.373 e. The van der Waals surface area contributed by atoms with Crippen molar-refractivity contribution < 1.29 is 4.74 Å². The van der Waals surface area contributed by atoms with Crippen LogP contribution in [-0.2, 0) is 4.74 Å². The molecular weight excluding hydrogens is 140 g/mol. The molecule has 1 aliphatic heterocycles. The molecule has 1 heterocycles. The van der Waals surface area contributed by atoms with Gasteiger partial charge in [0.2, 0.25) is 0 Å². The van der Waals surface area contributed by atoms with Gasteiger partial charge in [-0.2, -0.15) is 0 Å². The van der Waals surface area contributed by atoms with Gasteiger partial charge < -0.3 is 10.1 Å². The number of nitrogens with zero attached hydrogens (tertiary/aromatic N) is 1. The molecule has 3 heteroatoms.